The summed E-state index contributed by atoms with van der Waals surface area (Å²) in [6.45, 7) is 3.12. The number of aliphatic hydroxyl groups excluding tert-OH is 1. The Balaban J connectivity index is 1.66. The summed E-state index contributed by atoms with van der Waals surface area (Å²) in [7, 11) is 0. The lowest BCUT2D eigenvalue weighted by Crippen LogP contribution is -2.36. The molecule has 0 fully saturated rings. The van der Waals surface area contributed by atoms with Gasteiger partial charge in [-0.1, -0.05) is 24.3 Å². The molecule has 2 atom stereocenters. The number of carbonyl (C=O) groups excluding carboxylic acids is 2. The van der Waals surface area contributed by atoms with Crippen molar-refractivity contribution in [3.05, 3.63) is 89.5 Å². The van der Waals surface area contributed by atoms with Crippen molar-refractivity contribution in [1.29, 1.82) is 0 Å². The molecule has 2 amide bonds. The maximum absolute atomic E-state index is 13.6. The van der Waals surface area contributed by atoms with Crippen LogP contribution in [0.5, 0.6) is 0 Å². The lowest BCUT2D eigenvalue weighted by atomic mass is 10.1. The largest absolute Gasteiger partial charge is 0.441 e. The summed E-state index contributed by atoms with van der Waals surface area (Å²) >= 11 is 0. The molecule has 0 aliphatic carbocycles. The Bertz CT molecular complexity index is 1140. The minimum atomic E-state index is -0.667. The van der Waals surface area contributed by atoms with E-state index in [1.165, 1.54) is 17.2 Å². The van der Waals surface area contributed by atoms with E-state index in [9.17, 15) is 19.1 Å². The second-order valence-electron chi connectivity index (χ2n) is 7.72. The van der Waals surface area contributed by atoms with E-state index < -0.39 is 24.1 Å². The van der Waals surface area contributed by atoms with Gasteiger partial charge in [0.05, 0.1) is 30.2 Å². The molecule has 9 heteroatoms. The molecule has 0 saturated heterocycles. The van der Waals surface area contributed by atoms with E-state index in [4.69, 9.17) is 10.5 Å². The SMILES string of the molecule is C[C@@H](OC(=O)N(CCO)[C@@H](C)c1cncc(F)c1)c1ccc(C(=O)Nc2ccccc2N)cc1. The molecule has 0 aliphatic heterocycles. The number of halogens is 1. The number of nitrogen functional groups attached to an aromatic ring is 1. The molecule has 1 aromatic heterocycles. The van der Waals surface area contributed by atoms with Crippen LogP contribution in [0.2, 0.25) is 0 Å². The first-order chi connectivity index (χ1) is 16.3. The van der Waals surface area contributed by atoms with E-state index in [1.807, 2.05) is 0 Å². The van der Waals surface area contributed by atoms with Gasteiger partial charge in [-0.25, -0.2) is 9.18 Å². The molecule has 178 valence electrons. The van der Waals surface area contributed by atoms with Crippen molar-refractivity contribution in [2.75, 3.05) is 24.2 Å². The predicted molar refractivity (Wildman–Crippen MR) is 127 cm³/mol. The zero-order chi connectivity index (χ0) is 24.7. The van der Waals surface area contributed by atoms with E-state index in [0.717, 1.165) is 6.20 Å². The van der Waals surface area contributed by atoms with Gasteiger partial charge in [-0.05, 0) is 55.3 Å². The Kier molecular flexibility index (Phi) is 8.15. The van der Waals surface area contributed by atoms with Crippen molar-refractivity contribution in [2.45, 2.75) is 26.0 Å². The van der Waals surface area contributed by atoms with Crippen LogP contribution in [0.1, 0.15) is 47.5 Å². The van der Waals surface area contributed by atoms with E-state index >= 15 is 0 Å². The first-order valence-corrected chi connectivity index (χ1v) is 10.7. The summed E-state index contributed by atoms with van der Waals surface area (Å²) in [4.78, 5) is 30.5. The highest BCUT2D eigenvalue weighted by Gasteiger charge is 2.25. The van der Waals surface area contributed by atoms with E-state index in [2.05, 4.69) is 10.3 Å². The van der Waals surface area contributed by atoms with E-state index in [0.29, 0.717) is 28.1 Å². The van der Waals surface area contributed by atoms with Crippen LogP contribution < -0.4 is 11.1 Å². The number of ether oxygens (including phenoxy) is 1. The van der Waals surface area contributed by atoms with Crippen LogP contribution in [0.25, 0.3) is 0 Å². The van der Waals surface area contributed by atoms with Crippen LogP contribution in [-0.4, -0.2) is 40.1 Å². The van der Waals surface area contributed by atoms with Gasteiger partial charge in [0.1, 0.15) is 11.9 Å². The normalized spacial score (nSPS) is 12.5. The highest BCUT2D eigenvalue weighted by atomic mass is 19.1. The third-order valence-electron chi connectivity index (χ3n) is 5.38. The number of para-hydroxylation sites is 2. The van der Waals surface area contributed by atoms with Crippen molar-refractivity contribution < 1.29 is 23.8 Å². The summed E-state index contributed by atoms with van der Waals surface area (Å²) < 4.78 is 19.1. The molecular weight excluding hydrogens is 439 g/mol. The number of carbonyl (C=O) groups is 2. The monoisotopic (exact) mass is 466 g/mol. The predicted octanol–water partition coefficient (Wildman–Crippen LogP) is 4.31. The van der Waals surface area contributed by atoms with Gasteiger partial charge in [0, 0.05) is 18.3 Å². The molecule has 0 radical (unpaired) electrons. The number of hydrogen-bond donors (Lipinski definition) is 3. The van der Waals surface area contributed by atoms with Crippen LogP contribution in [0, 0.1) is 5.82 Å². The summed E-state index contributed by atoms with van der Waals surface area (Å²) in [5.41, 5.74) is 8.41. The van der Waals surface area contributed by atoms with Gasteiger partial charge in [0.15, 0.2) is 0 Å². The van der Waals surface area contributed by atoms with Crippen molar-refractivity contribution in [1.82, 2.24) is 9.88 Å². The minimum absolute atomic E-state index is 0.00492. The second kappa shape index (κ2) is 11.2. The van der Waals surface area contributed by atoms with Gasteiger partial charge in [0.25, 0.3) is 5.91 Å². The maximum atomic E-state index is 13.6. The Labute approximate surface area is 197 Å². The lowest BCUT2D eigenvalue weighted by Gasteiger charge is -2.29. The van der Waals surface area contributed by atoms with Gasteiger partial charge in [-0.15, -0.1) is 0 Å². The number of aromatic nitrogens is 1. The first kappa shape index (κ1) is 24.7. The van der Waals surface area contributed by atoms with Crippen molar-refractivity contribution in [2.24, 2.45) is 0 Å². The number of pyridine rings is 1. The number of benzene rings is 2. The standard InChI is InChI=1S/C25H27FN4O4/c1-16(20-13-21(26)15-28-14-20)30(11-12-31)25(33)34-17(2)18-7-9-19(10-8-18)24(32)29-23-6-4-3-5-22(23)27/h3-10,13-17,31H,11-12,27H2,1-2H3,(H,29,32)/t16-,17+/m0/s1. The molecule has 0 spiro atoms. The fourth-order valence-electron chi connectivity index (χ4n) is 3.39. The molecule has 3 aromatic rings. The van der Waals surface area contributed by atoms with E-state index in [-0.39, 0.29) is 19.1 Å². The second-order valence-corrected chi connectivity index (χ2v) is 7.72. The maximum Gasteiger partial charge on any atom is 0.410 e. The molecule has 8 nitrogen and oxygen atoms in total. The summed E-state index contributed by atoms with van der Waals surface area (Å²) in [5.74, 6) is -0.838. The van der Waals surface area contributed by atoms with Crippen LogP contribution in [0.15, 0.2) is 67.0 Å². The van der Waals surface area contributed by atoms with Crippen molar-refractivity contribution in [3.63, 3.8) is 0 Å². The zero-order valence-corrected chi connectivity index (χ0v) is 18.9. The van der Waals surface area contributed by atoms with Crippen LogP contribution >= 0.6 is 0 Å². The molecule has 2 aromatic carbocycles. The third-order valence-corrected chi connectivity index (χ3v) is 5.38. The minimum Gasteiger partial charge on any atom is -0.441 e. The van der Waals surface area contributed by atoms with Gasteiger partial charge in [-0.2, -0.15) is 0 Å². The molecule has 4 N–H and O–H groups in total. The summed E-state index contributed by atoms with van der Waals surface area (Å²) in [6, 6.07) is 14.3. The number of aliphatic hydroxyl groups is 1. The molecule has 0 bridgehead atoms. The van der Waals surface area contributed by atoms with Crippen LogP contribution in [0.4, 0.5) is 20.6 Å². The molecule has 0 unspecified atom stereocenters. The lowest BCUT2D eigenvalue weighted by molar-refractivity contribution is 0.0522. The van der Waals surface area contributed by atoms with Crippen molar-refractivity contribution >= 4 is 23.4 Å². The average Bonchev–Trinajstić information content (AvgIpc) is 2.83. The fraction of sp³-hybridized carbons (Fsp3) is 0.240. The van der Waals surface area contributed by atoms with E-state index in [1.54, 1.807) is 62.4 Å². The number of rotatable bonds is 8. The molecular formula is C25H27FN4O4. The zero-order valence-electron chi connectivity index (χ0n) is 18.9. The smallest absolute Gasteiger partial charge is 0.410 e. The average molecular weight is 467 g/mol. The quantitative estimate of drug-likeness (QED) is 0.426. The first-order valence-electron chi connectivity index (χ1n) is 10.7. The summed E-state index contributed by atoms with van der Waals surface area (Å²) in [5, 5.41) is 12.2. The Morgan fingerprint density at radius 1 is 1.12 bits per heavy atom. The molecule has 1 heterocycles. The van der Waals surface area contributed by atoms with Gasteiger partial charge >= 0.3 is 6.09 Å². The van der Waals surface area contributed by atoms with Crippen LogP contribution in [0.3, 0.4) is 0 Å². The number of hydrogen-bond acceptors (Lipinski definition) is 6. The Morgan fingerprint density at radius 2 is 1.82 bits per heavy atom. The third kappa shape index (κ3) is 6.08. The van der Waals surface area contributed by atoms with Gasteiger partial charge in [-0.3, -0.25) is 14.7 Å². The number of nitrogens with zero attached hydrogens (tertiary/aromatic N) is 2. The Morgan fingerprint density at radius 3 is 2.47 bits per heavy atom. The van der Waals surface area contributed by atoms with Gasteiger partial charge < -0.3 is 20.9 Å². The number of anilines is 2. The number of nitrogens with one attached hydrogen (secondary N) is 1. The molecule has 3 rings (SSSR count). The highest BCUT2D eigenvalue weighted by molar-refractivity contribution is 6.05. The molecule has 34 heavy (non-hydrogen) atoms. The summed E-state index contributed by atoms with van der Waals surface area (Å²) in [6.07, 6.45) is 1.24. The topological polar surface area (TPSA) is 118 Å². The number of nitrogens with two attached hydrogens (primary N) is 1. The highest BCUT2D eigenvalue weighted by Crippen LogP contribution is 2.25. The van der Waals surface area contributed by atoms with Crippen LogP contribution in [-0.2, 0) is 4.74 Å². The van der Waals surface area contributed by atoms with Crippen molar-refractivity contribution in [3.8, 4) is 0 Å². The van der Waals surface area contributed by atoms with Gasteiger partial charge in [0.2, 0.25) is 0 Å². The number of amides is 2. The Hall–Kier alpha value is -3.98. The molecule has 0 aliphatic rings. The fourth-order valence-corrected chi connectivity index (χ4v) is 3.39. The molecule has 0 saturated carbocycles.